The molecule has 1 aliphatic rings. The van der Waals surface area contributed by atoms with Gasteiger partial charge >= 0.3 is 6.18 Å². The van der Waals surface area contributed by atoms with E-state index < -0.39 is 29.0 Å². The first-order chi connectivity index (χ1) is 23.0. The van der Waals surface area contributed by atoms with E-state index in [2.05, 4.69) is 25.1 Å². The smallest absolute Gasteiger partial charge is 0.416 e. The summed E-state index contributed by atoms with van der Waals surface area (Å²) >= 11 is 0. The number of rotatable bonds is 9. The number of halogens is 4. The van der Waals surface area contributed by atoms with Crippen LogP contribution in [0, 0.1) is 5.82 Å². The van der Waals surface area contributed by atoms with Crippen molar-refractivity contribution < 1.29 is 32.2 Å². The van der Waals surface area contributed by atoms with Crippen molar-refractivity contribution in [3.8, 4) is 22.7 Å². The van der Waals surface area contributed by atoms with E-state index in [0.717, 1.165) is 50.0 Å². The highest BCUT2D eigenvalue weighted by molar-refractivity contribution is 6.06. The van der Waals surface area contributed by atoms with Gasteiger partial charge in [0.15, 0.2) is 5.65 Å². The molecule has 0 atom stereocenters. The average Bonchev–Trinajstić information content (AvgIpc) is 3.47. The number of nitrogen functional groups attached to an aromatic ring is 1. The Kier molecular flexibility index (Phi) is 9.26. The van der Waals surface area contributed by atoms with Gasteiger partial charge in [0.1, 0.15) is 29.4 Å². The molecule has 0 spiro atoms. The number of aliphatic hydroxyl groups is 1. The Morgan fingerprint density at radius 1 is 1.00 bits per heavy atom. The summed E-state index contributed by atoms with van der Waals surface area (Å²) in [5.41, 5.74) is 8.05. The fraction of sp³-hybridized carbons (Fsp3) is 0.273. The minimum Gasteiger partial charge on any atom is -0.495 e. The van der Waals surface area contributed by atoms with Crippen LogP contribution in [-0.2, 0) is 12.7 Å². The molecule has 3 heterocycles. The van der Waals surface area contributed by atoms with Crippen molar-refractivity contribution in [3.63, 3.8) is 0 Å². The van der Waals surface area contributed by atoms with E-state index in [9.17, 15) is 27.5 Å². The fourth-order valence-electron chi connectivity index (χ4n) is 5.68. The topological polar surface area (TPSA) is 135 Å². The molecule has 1 aliphatic heterocycles. The maximum absolute atomic E-state index is 14.5. The maximum atomic E-state index is 14.5. The quantitative estimate of drug-likeness (QED) is 0.194. The minimum atomic E-state index is -4.75. The standard InChI is InChI=1S/C33H32F4N8O3/c1-48-27-16-21(4-9-26(27)41-32(47)24-8-5-22(17-25(24)34)33(35,36)37)29-28-30(38)39-19-40-31(28)45(42-29)23-6-2-20(3-7-23)18-44-12-10-43(11-13-44)14-15-46/h2-9,16-17,19,46H,10-15,18H2,1H3,(H,41,47)(H2,38,39,40). The van der Waals surface area contributed by atoms with Crippen LogP contribution in [0.5, 0.6) is 5.75 Å². The van der Waals surface area contributed by atoms with Gasteiger partial charge in [0.2, 0.25) is 0 Å². The Morgan fingerprint density at radius 3 is 2.40 bits per heavy atom. The summed E-state index contributed by atoms with van der Waals surface area (Å²) in [6.07, 6.45) is -3.40. The van der Waals surface area contributed by atoms with Gasteiger partial charge < -0.3 is 20.9 Å². The Bertz CT molecular complexity index is 1940. The third-order valence-corrected chi connectivity index (χ3v) is 8.23. The zero-order valence-electron chi connectivity index (χ0n) is 25.8. The fourth-order valence-corrected chi connectivity index (χ4v) is 5.68. The highest BCUT2D eigenvalue weighted by Gasteiger charge is 2.32. The molecule has 3 aromatic carbocycles. The number of hydrogen-bond donors (Lipinski definition) is 3. The molecular weight excluding hydrogens is 632 g/mol. The number of carbonyl (C=O) groups excluding carboxylic acids is 1. The van der Waals surface area contributed by atoms with E-state index in [4.69, 9.17) is 15.6 Å². The highest BCUT2D eigenvalue weighted by atomic mass is 19.4. The Morgan fingerprint density at radius 2 is 1.73 bits per heavy atom. The number of nitrogens with two attached hydrogens (primary N) is 1. The van der Waals surface area contributed by atoms with Crippen LogP contribution < -0.4 is 15.8 Å². The molecular formula is C33H32F4N8O3. The molecule has 4 N–H and O–H groups in total. The number of fused-ring (bicyclic) bond motifs is 1. The number of ether oxygens (including phenoxy) is 1. The lowest BCUT2D eigenvalue weighted by Crippen LogP contribution is -2.46. The summed E-state index contributed by atoms with van der Waals surface area (Å²) in [6.45, 7) is 5.32. The number of anilines is 2. The maximum Gasteiger partial charge on any atom is 0.416 e. The van der Waals surface area contributed by atoms with E-state index in [1.807, 2.05) is 24.3 Å². The zero-order chi connectivity index (χ0) is 34.0. The number of aliphatic hydroxyl groups excluding tert-OH is 1. The Labute approximate surface area is 272 Å². The Balaban J connectivity index is 1.25. The van der Waals surface area contributed by atoms with Crippen molar-refractivity contribution in [3.05, 3.63) is 89.5 Å². The number of methoxy groups -OCH3 is 1. The van der Waals surface area contributed by atoms with Crippen LogP contribution in [-0.4, -0.2) is 87.0 Å². The number of alkyl halides is 3. The molecule has 48 heavy (non-hydrogen) atoms. The van der Waals surface area contributed by atoms with Crippen LogP contribution in [0.4, 0.5) is 29.1 Å². The summed E-state index contributed by atoms with van der Waals surface area (Å²) in [7, 11) is 1.37. The second-order valence-electron chi connectivity index (χ2n) is 11.3. The molecule has 6 rings (SSSR count). The molecule has 2 aromatic heterocycles. The summed E-state index contributed by atoms with van der Waals surface area (Å²) in [4.78, 5) is 26.0. The Hall–Kier alpha value is -5.12. The van der Waals surface area contributed by atoms with Crippen LogP contribution in [0.15, 0.2) is 67.0 Å². The summed E-state index contributed by atoms with van der Waals surface area (Å²) in [5.74, 6) is -1.87. The summed E-state index contributed by atoms with van der Waals surface area (Å²) in [5, 5.41) is 17.0. The molecule has 5 aromatic rings. The molecule has 1 saturated heterocycles. The lowest BCUT2D eigenvalue weighted by atomic mass is 10.1. The van der Waals surface area contributed by atoms with E-state index in [-0.39, 0.29) is 29.9 Å². The van der Waals surface area contributed by atoms with Gasteiger partial charge in [-0.05, 0) is 48.0 Å². The third kappa shape index (κ3) is 6.79. The van der Waals surface area contributed by atoms with Crippen LogP contribution in [0.3, 0.4) is 0 Å². The van der Waals surface area contributed by atoms with Gasteiger partial charge in [-0.2, -0.15) is 18.3 Å². The molecule has 1 fully saturated rings. The van der Waals surface area contributed by atoms with Gasteiger partial charge in [0.05, 0.1) is 41.6 Å². The molecule has 1 amide bonds. The molecule has 0 bridgehead atoms. The lowest BCUT2D eigenvalue weighted by Gasteiger charge is -2.34. The van der Waals surface area contributed by atoms with Crippen molar-refractivity contribution in [1.82, 2.24) is 29.5 Å². The van der Waals surface area contributed by atoms with Gasteiger partial charge in [-0.3, -0.25) is 14.6 Å². The molecule has 0 saturated carbocycles. The first kappa shape index (κ1) is 32.8. The van der Waals surface area contributed by atoms with Crippen molar-refractivity contribution in [2.75, 3.05) is 57.5 Å². The number of piperazine rings is 1. The zero-order valence-corrected chi connectivity index (χ0v) is 25.8. The van der Waals surface area contributed by atoms with Crippen LogP contribution in [0.25, 0.3) is 28.0 Å². The number of benzene rings is 3. The number of β-amino-alcohol motifs (C(OH)–C–C–N with tert-alkyl or cyclic N) is 1. The summed E-state index contributed by atoms with van der Waals surface area (Å²) in [6, 6.07) is 14.4. The predicted molar refractivity (Wildman–Crippen MR) is 171 cm³/mol. The lowest BCUT2D eigenvalue weighted by molar-refractivity contribution is -0.137. The third-order valence-electron chi connectivity index (χ3n) is 8.23. The molecule has 0 aliphatic carbocycles. The number of nitrogens with zero attached hydrogens (tertiary/aromatic N) is 6. The van der Waals surface area contributed by atoms with Crippen LogP contribution >= 0.6 is 0 Å². The normalized spacial score (nSPS) is 14.4. The first-order valence-corrected chi connectivity index (χ1v) is 15.1. The monoisotopic (exact) mass is 664 g/mol. The van der Waals surface area contributed by atoms with Gasteiger partial charge in [-0.15, -0.1) is 0 Å². The second-order valence-corrected chi connectivity index (χ2v) is 11.3. The van der Waals surface area contributed by atoms with Gasteiger partial charge in [-0.1, -0.05) is 18.2 Å². The number of nitrogens with one attached hydrogen (secondary N) is 1. The largest absolute Gasteiger partial charge is 0.495 e. The van der Waals surface area contributed by atoms with Crippen molar-refractivity contribution in [1.29, 1.82) is 0 Å². The second kappa shape index (κ2) is 13.5. The minimum absolute atomic E-state index is 0.156. The van der Waals surface area contributed by atoms with Crippen LogP contribution in [0.1, 0.15) is 21.5 Å². The van der Waals surface area contributed by atoms with E-state index >= 15 is 0 Å². The number of carbonyl (C=O) groups is 1. The van der Waals surface area contributed by atoms with Crippen molar-refractivity contribution >= 4 is 28.4 Å². The molecule has 15 heteroatoms. The van der Waals surface area contributed by atoms with Gasteiger partial charge in [-0.25, -0.2) is 19.0 Å². The number of aromatic nitrogens is 4. The van der Waals surface area contributed by atoms with E-state index in [0.29, 0.717) is 34.9 Å². The first-order valence-electron chi connectivity index (χ1n) is 15.1. The SMILES string of the molecule is COc1cc(-c2nn(-c3ccc(CN4CCN(CCO)CC4)cc3)c3ncnc(N)c23)ccc1NC(=O)c1ccc(C(F)(F)F)cc1F. The van der Waals surface area contributed by atoms with Gasteiger partial charge in [0.25, 0.3) is 5.91 Å². The molecule has 250 valence electrons. The molecule has 11 nitrogen and oxygen atoms in total. The van der Waals surface area contributed by atoms with E-state index in [1.54, 1.807) is 16.8 Å². The summed E-state index contributed by atoms with van der Waals surface area (Å²) < 4.78 is 60.5. The number of amides is 1. The van der Waals surface area contributed by atoms with Crippen molar-refractivity contribution in [2.24, 2.45) is 0 Å². The molecule has 0 radical (unpaired) electrons. The highest BCUT2D eigenvalue weighted by Crippen LogP contribution is 2.36. The molecule has 0 unspecified atom stereocenters. The number of hydrogen-bond acceptors (Lipinski definition) is 9. The predicted octanol–water partition coefficient (Wildman–Crippen LogP) is 4.59. The van der Waals surface area contributed by atoms with Crippen LogP contribution in [0.2, 0.25) is 0 Å². The van der Waals surface area contributed by atoms with Gasteiger partial charge in [0, 0.05) is 44.8 Å². The average molecular weight is 665 g/mol. The van der Waals surface area contributed by atoms with Crippen molar-refractivity contribution in [2.45, 2.75) is 12.7 Å². The van der Waals surface area contributed by atoms with E-state index in [1.165, 1.54) is 19.5 Å².